The van der Waals surface area contributed by atoms with Gasteiger partial charge in [0, 0.05) is 23.9 Å². The molecule has 0 aliphatic carbocycles. The van der Waals surface area contributed by atoms with Crippen LogP contribution in [0, 0.1) is 0 Å². The molecule has 0 saturated heterocycles. The summed E-state index contributed by atoms with van der Waals surface area (Å²) in [4.78, 5) is 15.2. The number of fused-ring (bicyclic) bond motifs is 1. The van der Waals surface area contributed by atoms with E-state index in [2.05, 4.69) is 4.98 Å². The largest absolute Gasteiger partial charge is 0.364 e. The highest BCUT2D eigenvalue weighted by molar-refractivity contribution is 7.87. The number of amides is 1. The van der Waals surface area contributed by atoms with Crippen LogP contribution < -0.4 is 9.79 Å². The van der Waals surface area contributed by atoms with Crippen LogP contribution in [-0.2, 0) is 15.1 Å². The summed E-state index contributed by atoms with van der Waals surface area (Å²) in [6.07, 6.45) is 5.57. The zero-order valence-corrected chi connectivity index (χ0v) is 14.7. The van der Waals surface area contributed by atoms with Crippen LogP contribution in [0.15, 0.2) is 67.0 Å². The van der Waals surface area contributed by atoms with Gasteiger partial charge in [0.15, 0.2) is 0 Å². The summed E-state index contributed by atoms with van der Waals surface area (Å²) in [5.74, 6) is -0.729. The van der Waals surface area contributed by atoms with Crippen molar-refractivity contribution in [1.29, 1.82) is 0 Å². The first-order chi connectivity index (χ1) is 12.9. The highest BCUT2D eigenvalue weighted by atomic mass is 32.2. The molecule has 0 radical (unpaired) electrons. The Morgan fingerprint density at radius 1 is 1.15 bits per heavy atom. The van der Waals surface area contributed by atoms with Crippen LogP contribution in [0.4, 0.5) is 11.4 Å². The molecule has 1 heterocycles. The summed E-state index contributed by atoms with van der Waals surface area (Å²) in [7, 11) is -4.65. The maximum Gasteiger partial charge on any atom is 0.364 e. The zero-order valence-electron chi connectivity index (χ0n) is 13.9. The van der Waals surface area contributed by atoms with E-state index in [0.717, 1.165) is 15.8 Å². The SMILES string of the molecule is O=C(/C=C/c1cccc(N(c2cccc3ccncc23)S(=O)(=O)O)c1)NO. The normalized spacial score (nSPS) is 11.6. The Morgan fingerprint density at radius 3 is 2.67 bits per heavy atom. The first-order valence-corrected chi connectivity index (χ1v) is 9.12. The number of carbonyl (C=O) groups is 1. The third-order valence-corrected chi connectivity index (χ3v) is 4.62. The van der Waals surface area contributed by atoms with E-state index in [4.69, 9.17) is 5.21 Å². The Labute approximate surface area is 155 Å². The molecule has 0 aliphatic heterocycles. The van der Waals surface area contributed by atoms with Crippen LogP contribution in [0.25, 0.3) is 16.8 Å². The molecule has 0 fully saturated rings. The van der Waals surface area contributed by atoms with Gasteiger partial charge >= 0.3 is 10.3 Å². The van der Waals surface area contributed by atoms with E-state index in [1.807, 2.05) is 0 Å². The Balaban J connectivity index is 2.15. The molecular formula is C18H15N3O5S. The fourth-order valence-corrected chi connectivity index (χ4v) is 3.42. The smallest absolute Gasteiger partial charge is 0.288 e. The van der Waals surface area contributed by atoms with Gasteiger partial charge in [0.2, 0.25) is 0 Å². The van der Waals surface area contributed by atoms with Crippen molar-refractivity contribution in [1.82, 2.24) is 10.5 Å². The van der Waals surface area contributed by atoms with Crippen molar-refractivity contribution in [3.05, 3.63) is 72.6 Å². The van der Waals surface area contributed by atoms with Gasteiger partial charge in [0.25, 0.3) is 5.91 Å². The maximum atomic E-state index is 12.1. The molecule has 0 atom stereocenters. The van der Waals surface area contributed by atoms with Crippen LogP contribution in [0.2, 0.25) is 0 Å². The molecule has 3 rings (SSSR count). The van der Waals surface area contributed by atoms with E-state index in [0.29, 0.717) is 10.9 Å². The fourth-order valence-electron chi connectivity index (χ4n) is 2.63. The molecule has 0 aliphatic rings. The standard InChI is InChI=1S/C18H15N3O5S/c22-18(20-23)8-7-13-3-1-5-15(11-13)21(27(24,25)26)17-6-2-4-14-9-10-19-12-16(14)17/h1-12,23H,(H,20,22)(H,24,25,26)/b8-7+. The quantitative estimate of drug-likeness (QED) is 0.269. The number of rotatable bonds is 5. The van der Waals surface area contributed by atoms with Crippen LogP contribution in [-0.4, -0.2) is 29.1 Å². The summed E-state index contributed by atoms with van der Waals surface area (Å²) in [6, 6.07) is 13.0. The second kappa shape index (κ2) is 7.54. The minimum absolute atomic E-state index is 0.167. The summed E-state index contributed by atoms with van der Waals surface area (Å²) in [6.45, 7) is 0. The number of anilines is 2. The third kappa shape index (κ3) is 4.11. The average Bonchev–Trinajstić information content (AvgIpc) is 2.66. The second-order valence-electron chi connectivity index (χ2n) is 5.52. The van der Waals surface area contributed by atoms with E-state index in [9.17, 15) is 17.8 Å². The number of hydroxylamine groups is 1. The first kappa shape index (κ1) is 18.5. The van der Waals surface area contributed by atoms with Crippen LogP contribution >= 0.6 is 0 Å². The van der Waals surface area contributed by atoms with E-state index < -0.39 is 16.2 Å². The molecule has 1 aromatic heterocycles. The first-order valence-electron chi connectivity index (χ1n) is 7.73. The lowest BCUT2D eigenvalue weighted by atomic mass is 10.1. The molecule has 8 nitrogen and oxygen atoms in total. The summed E-state index contributed by atoms with van der Waals surface area (Å²) in [5.41, 5.74) is 2.35. The lowest BCUT2D eigenvalue weighted by Gasteiger charge is -2.22. The van der Waals surface area contributed by atoms with Gasteiger partial charge < -0.3 is 0 Å². The number of benzene rings is 2. The van der Waals surface area contributed by atoms with Crippen molar-refractivity contribution in [3.63, 3.8) is 0 Å². The van der Waals surface area contributed by atoms with Gasteiger partial charge in [-0.25, -0.2) is 9.79 Å². The van der Waals surface area contributed by atoms with Crippen LogP contribution in [0.5, 0.6) is 0 Å². The van der Waals surface area contributed by atoms with E-state index in [-0.39, 0.29) is 11.4 Å². The average molecular weight is 385 g/mol. The minimum Gasteiger partial charge on any atom is -0.288 e. The number of hydrogen-bond acceptors (Lipinski definition) is 5. The monoisotopic (exact) mass is 385 g/mol. The Hall–Kier alpha value is -3.27. The number of aromatic nitrogens is 1. The molecular weight excluding hydrogens is 370 g/mol. The van der Waals surface area contributed by atoms with Gasteiger partial charge in [-0.3, -0.25) is 19.5 Å². The molecule has 27 heavy (non-hydrogen) atoms. The van der Waals surface area contributed by atoms with Crippen LogP contribution in [0.1, 0.15) is 5.56 Å². The molecule has 0 saturated carbocycles. The lowest BCUT2D eigenvalue weighted by Crippen LogP contribution is -2.25. The third-order valence-electron chi connectivity index (χ3n) is 3.75. The minimum atomic E-state index is -4.65. The topological polar surface area (TPSA) is 120 Å². The van der Waals surface area contributed by atoms with Crippen molar-refractivity contribution in [2.24, 2.45) is 0 Å². The molecule has 9 heteroatoms. The van der Waals surface area contributed by atoms with E-state index >= 15 is 0 Å². The lowest BCUT2D eigenvalue weighted by molar-refractivity contribution is -0.124. The van der Waals surface area contributed by atoms with Crippen molar-refractivity contribution >= 4 is 44.4 Å². The summed E-state index contributed by atoms with van der Waals surface area (Å²) >= 11 is 0. The maximum absolute atomic E-state index is 12.1. The number of nitrogens with one attached hydrogen (secondary N) is 1. The summed E-state index contributed by atoms with van der Waals surface area (Å²) in [5, 5.41) is 9.83. The fraction of sp³-hybridized carbons (Fsp3) is 0. The van der Waals surface area contributed by atoms with Crippen molar-refractivity contribution in [2.45, 2.75) is 0 Å². The molecule has 0 bridgehead atoms. The van der Waals surface area contributed by atoms with E-state index in [1.165, 1.54) is 29.9 Å². The molecule has 3 aromatic rings. The van der Waals surface area contributed by atoms with Gasteiger partial charge in [-0.2, -0.15) is 8.42 Å². The van der Waals surface area contributed by atoms with Gasteiger partial charge in [-0.15, -0.1) is 0 Å². The number of hydrogen-bond donors (Lipinski definition) is 3. The molecule has 0 spiro atoms. The van der Waals surface area contributed by atoms with Gasteiger partial charge in [0.05, 0.1) is 11.4 Å². The predicted octanol–water partition coefficient (Wildman–Crippen LogP) is 2.69. The number of pyridine rings is 1. The molecule has 2 aromatic carbocycles. The molecule has 3 N–H and O–H groups in total. The Bertz CT molecular complexity index is 1120. The number of nitrogens with zero attached hydrogens (tertiary/aromatic N) is 2. The summed E-state index contributed by atoms with van der Waals surface area (Å²) < 4.78 is 34.9. The van der Waals surface area contributed by atoms with Gasteiger partial charge in [-0.05, 0) is 41.3 Å². The highest BCUT2D eigenvalue weighted by Gasteiger charge is 2.24. The second-order valence-corrected chi connectivity index (χ2v) is 6.78. The molecule has 0 unspecified atom stereocenters. The van der Waals surface area contributed by atoms with Gasteiger partial charge in [-0.1, -0.05) is 24.3 Å². The molecule has 138 valence electrons. The highest BCUT2D eigenvalue weighted by Crippen LogP contribution is 2.34. The Morgan fingerprint density at radius 2 is 1.93 bits per heavy atom. The van der Waals surface area contributed by atoms with Crippen molar-refractivity contribution in [3.8, 4) is 0 Å². The van der Waals surface area contributed by atoms with Gasteiger partial charge in [0.1, 0.15) is 0 Å². The van der Waals surface area contributed by atoms with Crippen molar-refractivity contribution in [2.75, 3.05) is 4.31 Å². The predicted molar refractivity (Wildman–Crippen MR) is 101 cm³/mol. The van der Waals surface area contributed by atoms with E-state index in [1.54, 1.807) is 42.6 Å². The Kier molecular flexibility index (Phi) is 5.17. The van der Waals surface area contributed by atoms with Crippen molar-refractivity contribution < 1.29 is 23.0 Å². The zero-order chi connectivity index (χ0) is 19.4. The van der Waals surface area contributed by atoms with Crippen LogP contribution in [0.3, 0.4) is 0 Å². The number of carbonyl (C=O) groups excluding carboxylic acids is 1. The molecule has 1 amide bonds.